The molecule has 0 fully saturated rings. The largest absolute Gasteiger partial charge is 0.383 e. The van der Waals surface area contributed by atoms with E-state index in [0.29, 0.717) is 12.5 Å². The summed E-state index contributed by atoms with van der Waals surface area (Å²) >= 11 is 1.52. The van der Waals surface area contributed by atoms with Gasteiger partial charge in [-0.25, -0.2) is 4.99 Å². The molecule has 0 bridgehead atoms. The number of terminal acetylenes is 1. The van der Waals surface area contributed by atoms with Crippen LogP contribution >= 0.6 is 11.3 Å². The highest BCUT2D eigenvalue weighted by Gasteiger charge is 2.23. The summed E-state index contributed by atoms with van der Waals surface area (Å²) in [6.45, 7) is 5.18. The van der Waals surface area contributed by atoms with Gasteiger partial charge in [0.2, 0.25) is 0 Å². The fourth-order valence-corrected chi connectivity index (χ4v) is 2.15. The molecule has 1 unspecified atom stereocenters. The molecule has 0 aromatic carbocycles. The van der Waals surface area contributed by atoms with Gasteiger partial charge in [0, 0.05) is 11.4 Å². The predicted octanol–water partition coefficient (Wildman–Crippen LogP) is 1.14. The zero-order valence-electron chi connectivity index (χ0n) is 10.7. The molecule has 3 N–H and O–H groups in total. The molecule has 0 spiro atoms. The Morgan fingerprint density at radius 3 is 2.94 bits per heavy atom. The average molecular weight is 265 g/mol. The Labute approximate surface area is 112 Å². The Balaban J connectivity index is 2.66. The van der Waals surface area contributed by atoms with E-state index in [1.807, 2.05) is 24.4 Å². The van der Waals surface area contributed by atoms with Crippen LogP contribution in [0.25, 0.3) is 0 Å². The van der Waals surface area contributed by atoms with Gasteiger partial charge in [0.1, 0.15) is 5.60 Å². The lowest BCUT2D eigenvalue weighted by Crippen LogP contribution is -2.38. The smallest absolute Gasteiger partial charge is 0.192 e. The van der Waals surface area contributed by atoms with Crippen LogP contribution in [0.3, 0.4) is 0 Å². The molecule has 0 aliphatic rings. The Morgan fingerprint density at radius 2 is 2.39 bits per heavy atom. The molecule has 1 aromatic heterocycles. The van der Waals surface area contributed by atoms with Gasteiger partial charge in [0.25, 0.3) is 0 Å². The van der Waals surface area contributed by atoms with Crippen molar-refractivity contribution in [2.24, 2.45) is 4.99 Å². The lowest BCUT2D eigenvalue weighted by Gasteiger charge is -2.20. The lowest BCUT2D eigenvalue weighted by atomic mass is 10.1. The molecule has 1 heterocycles. The van der Waals surface area contributed by atoms with E-state index < -0.39 is 5.60 Å². The molecule has 5 heteroatoms. The minimum atomic E-state index is -0.952. The molecule has 98 valence electrons. The third-order valence-corrected chi connectivity index (χ3v) is 3.42. The van der Waals surface area contributed by atoms with Crippen LogP contribution < -0.4 is 10.6 Å². The Kier molecular flexibility index (Phi) is 5.69. The number of hydrogen-bond acceptors (Lipinski definition) is 3. The van der Waals surface area contributed by atoms with E-state index in [4.69, 9.17) is 6.42 Å². The van der Waals surface area contributed by atoms with Crippen LogP contribution in [0.4, 0.5) is 0 Å². The molecule has 0 saturated heterocycles. The number of thiophene rings is 1. The maximum atomic E-state index is 10.3. The van der Waals surface area contributed by atoms with Gasteiger partial charge in [0.15, 0.2) is 5.96 Å². The molecule has 0 aliphatic heterocycles. The molecule has 0 radical (unpaired) electrons. The standard InChI is InChI=1S/C13H19N3OS/c1-4-8-15-12(14-5-2)16-10-13(3,17)11-7-6-9-18-11/h1,6-7,9,17H,5,8,10H2,2-3H3,(H2,14,15,16). The van der Waals surface area contributed by atoms with E-state index >= 15 is 0 Å². The molecule has 4 nitrogen and oxygen atoms in total. The highest BCUT2D eigenvalue weighted by atomic mass is 32.1. The van der Waals surface area contributed by atoms with Gasteiger partial charge in [0.05, 0.1) is 13.1 Å². The normalized spacial score (nSPS) is 14.7. The summed E-state index contributed by atoms with van der Waals surface area (Å²) in [6, 6.07) is 3.82. The van der Waals surface area contributed by atoms with Crippen molar-refractivity contribution >= 4 is 17.3 Å². The van der Waals surface area contributed by atoms with Crippen LogP contribution in [-0.2, 0) is 5.60 Å². The van der Waals surface area contributed by atoms with E-state index in [-0.39, 0.29) is 6.54 Å². The first kappa shape index (κ1) is 14.6. The minimum absolute atomic E-state index is 0.285. The van der Waals surface area contributed by atoms with E-state index in [1.54, 1.807) is 6.92 Å². The third-order valence-electron chi connectivity index (χ3n) is 2.30. The second-order valence-electron chi connectivity index (χ2n) is 4.00. The molecule has 0 aliphatic carbocycles. The Bertz CT molecular complexity index is 418. The zero-order valence-corrected chi connectivity index (χ0v) is 11.5. The Morgan fingerprint density at radius 1 is 1.61 bits per heavy atom. The first-order valence-electron chi connectivity index (χ1n) is 5.82. The average Bonchev–Trinajstić information content (AvgIpc) is 2.87. The summed E-state index contributed by atoms with van der Waals surface area (Å²) < 4.78 is 0. The van der Waals surface area contributed by atoms with Gasteiger partial charge in [-0.1, -0.05) is 12.0 Å². The second-order valence-corrected chi connectivity index (χ2v) is 4.95. The quantitative estimate of drug-likeness (QED) is 0.425. The van der Waals surface area contributed by atoms with Crippen LogP contribution in [0.5, 0.6) is 0 Å². The van der Waals surface area contributed by atoms with Crippen LogP contribution in [-0.4, -0.2) is 30.7 Å². The molecule has 1 atom stereocenters. The number of guanidine groups is 1. The predicted molar refractivity (Wildman–Crippen MR) is 76.7 cm³/mol. The maximum absolute atomic E-state index is 10.3. The highest BCUT2D eigenvalue weighted by Crippen LogP contribution is 2.25. The first-order chi connectivity index (χ1) is 8.60. The highest BCUT2D eigenvalue weighted by molar-refractivity contribution is 7.10. The van der Waals surface area contributed by atoms with Crippen molar-refractivity contribution in [2.75, 3.05) is 19.6 Å². The number of nitrogens with zero attached hydrogens (tertiary/aromatic N) is 1. The van der Waals surface area contributed by atoms with E-state index in [9.17, 15) is 5.11 Å². The summed E-state index contributed by atoms with van der Waals surface area (Å²) in [5.41, 5.74) is -0.952. The van der Waals surface area contributed by atoms with Gasteiger partial charge < -0.3 is 15.7 Å². The third kappa shape index (κ3) is 4.40. The topological polar surface area (TPSA) is 56.7 Å². The molecule has 0 amide bonds. The summed E-state index contributed by atoms with van der Waals surface area (Å²) in [7, 11) is 0. The van der Waals surface area contributed by atoms with E-state index in [2.05, 4.69) is 21.5 Å². The van der Waals surface area contributed by atoms with Crippen molar-refractivity contribution in [1.82, 2.24) is 10.6 Å². The SMILES string of the molecule is C#CCNC(=NCC(C)(O)c1cccs1)NCC. The summed E-state index contributed by atoms with van der Waals surface area (Å²) in [4.78, 5) is 5.24. The van der Waals surface area contributed by atoms with Gasteiger partial charge in [-0.05, 0) is 25.3 Å². The molecule has 1 rings (SSSR count). The molecule has 18 heavy (non-hydrogen) atoms. The fourth-order valence-electron chi connectivity index (χ4n) is 1.37. The summed E-state index contributed by atoms with van der Waals surface area (Å²) in [5, 5.41) is 18.3. The van der Waals surface area contributed by atoms with Crippen molar-refractivity contribution in [1.29, 1.82) is 0 Å². The summed E-state index contributed by atoms with van der Waals surface area (Å²) in [5.74, 6) is 3.11. The number of rotatable bonds is 5. The molecular weight excluding hydrogens is 246 g/mol. The number of nitrogens with one attached hydrogen (secondary N) is 2. The monoisotopic (exact) mass is 265 g/mol. The van der Waals surface area contributed by atoms with Gasteiger partial charge >= 0.3 is 0 Å². The fraction of sp³-hybridized carbons (Fsp3) is 0.462. The summed E-state index contributed by atoms with van der Waals surface area (Å²) in [6.07, 6.45) is 5.19. The van der Waals surface area contributed by atoms with Crippen molar-refractivity contribution in [2.45, 2.75) is 19.4 Å². The van der Waals surface area contributed by atoms with Crippen molar-refractivity contribution in [3.05, 3.63) is 22.4 Å². The van der Waals surface area contributed by atoms with Crippen LogP contribution in [0, 0.1) is 12.3 Å². The van der Waals surface area contributed by atoms with E-state index in [1.165, 1.54) is 11.3 Å². The van der Waals surface area contributed by atoms with E-state index in [0.717, 1.165) is 11.4 Å². The molecule has 1 aromatic rings. The van der Waals surface area contributed by atoms with Crippen LogP contribution in [0.2, 0.25) is 0 Å². The van der Waals surface area contributed by atoms with Crippen LogP contribution in [0.15, 0.2) is 22.5 Å². The number of aliphatic hydroxyl groups is 1. The van der Waals surface area contributed by atoms with Gasteiger partial charge in [-0.15, -0.1) is 17.8 Å². The minimum Gasteiger partial charge on any atom is -0.383 e. The Hall–Kier alpha value is -1.51. The maximum Gasteiger partial charge on any atom is 0.192 e. The van der Waals surface area contributed by atoms with Gasteiger partial charge in [-0.3, -0.25) is 0 Å². The van der Waals surface area contributed by atoms with Gasteiger partial charge in [-0.2, -0.15) is 0 Å². The second kappa shape index (κ2) is 7.04. The first-order valence-corrected chi connectivity index (χ1v) is 6.70. The van der Waals surface area contributed by atoms with Crippen molar-refractivity contribution in [3.63, 3.8) is 0 Å². The molecular formula is C13H19N3OS. The molecule has 0 saturated carbocycles. The lowest BCUT2D eigenvalue weighted by molar-refractivity contribution is 0.0711. The van der Waals surface area contributed by atoms with Crippen molar-refractivity contribution in [3.8, 4) is 12.3 Å². The zero-order chi connectivity index (χ0) is 13.4. The van der Waals surface area contributed by atoms with Crippen molar-refractivity contribution < 1.29 is 5.11 Å². The number of aliphatic imine (C=N–C) groups is 1. The number of hydrogen-bond donors (Lipinski definition) is 3. The van der Waals surface area contributed by atoms with Crippen LogP contribution in [0.1, 0.15) is 18.7 Å².